The third-order valence-electron chi connectivity index (χ3n) is 3.32. The molecule has 0 saturated carbocycles. The van der Waals surface area contributed by atoms with Crippen molar-refractivity contribution in [2.75, 3.05) is 6.54 Å². The predicted molar refractivity (Wildman–Crippen MR) is 86.6 cm³/mol. The van der Waals surface area contributed by atoms with Crippen LogP contribution in [0.2, 0.25) is 0 Å². The molecule has 0 amide bonds. The van der Waals surface area contributed by atoms with Crippen LogP contribution in [0.3, 0.4) is 0 Å². The minimum absolute atomic E-state index is 0.726. The summed E-state index contributed by atoms with van der Waals surface area (Å²) in [5.41, 5.74) is 4.85. The van der Waals surface area contributed by atoms with Crippen LogP contribution in [-0.2, 0) is 0 Å². The van der Waals surface area contributed by atoms with Crippen LogP contribution in [0.1, 0.15) is 12.5 Å². The van der Waals surface area contributed by atoms with Gasteiger partial charge in [0.05, 0.1) is 5.71 Å². The summed E-state index contributed by atoms with van der Waals surface area (Å²) < 4.78 is 0. The van der Waals surface area contributed by atoms with Crippen LogP contribution >= 0.6 is 0 Å². The zero-order valence-corrected chi connectivity index (χ0v) is 11.9. The second-order valence-corrected chi connectivity index (χ2v) is 4.63. The molecule has 3 aromatic heterocycles. The molecule has 0 radical (unpaired) electrons. The maximum absolute atomic E-state index is 4.48. The Kier molecular flexibility index (Phi) is 3.60. The van der Waals surface area contributed by atoms with Crippen LogP contribution in [0, 0.1) is 0 Å². The summed E-state index contributed by atoms with van der Waals surface area (Å²) >= 11 is 0. The molecular formula is C17H16N4. The molecule has 3 heterocycles. The minimum Gasteiger partial charge on any atom is -0.345 e. The first-order valence-corrected chi connectivity index (χ1v) is 6.88. The van der Waals surface area contributed by atoms with E-state index in [2.05, 4.69) is 32.6 Å². The Morgan fingerprint density at radius 3 is 3.00 bits per heavy atom. The maximum atomic E-state index is 4.48. The molecule has 3 rings (SSSR count). The SMILES string of the molecule is C=C/C(=N\CC)c1c[nH]c2ncc(-c3cccnc3)cc12. The van der Waals surface area contributed by atoms with Crippen LogP contribution in [0.25, 0.3) is 22.2 Å². The highest BCUT2D eigenvalue weighted by atomic mass is 14.8. The van der Waals surface area contributed by atoms with E-state index < -0.39 is 0 Å². The van der Waals surface area contributed by atoms with Crippen molar-refractivity contribution in [1.82, 2.24) is 15.0 Å². The van der Waals surface area contributed by atoms with Gasteiger partial charge >= 0.3 is 0 Å². The molecule has 104 valence electrons. The van der Waals surface area contributed by atoms with E-state index >= 15 is 0 Å². The largest absolute Gasteiger partial charge is 0.345 e. The van der Waals surface area contributed by atoms with Gasteiger partial charge in [-0.05, 0) is 25.1 Å². The fourth-order valence-corrected chi connectivity index (χ4v) is 2.34. The Morgan fingerprint density at radius 1 is 1.38 bits per heavy atom. The second kappa shape index (κ2) is 5.71. The Balaban J connectivity index is 2.17. The average molecular weight is 276 g/mol. The monoisotopic (exact) mass is 276 g/mol. The van der Waals surface area contributed by atoms with Crippen LogP contribution in [0.15, 0.2) is 60.6 Å². The third kappa shape index (κ3) is 2.48. The highest BCUT2D eigenvalue weighted by Crippen LogP contribution is 2.24. The molecular weight excluding hydrogens is 260 g/mol. The highest BCUT2D eigenvalue weighted by molar-refractivity contribution is 6.16. The maximum Gasteiger partial charge on any atom is 0.137 e. The Hall–Kier alpha value is -2.75. The molecule has 0 spiro atoms. The normalized spacial score (nSPS) is 11.8. The molecule has 3 aromatic rings. The van der Waals surface area contributed by atoms with Crippen molar-refractivity contribution in [3.8, 4) is 11.1 Å². The number of aromatic amines is 1. The molecule has 0 saturated heterocycles. The lowest BCUT2D eigenvalue weighted by Gasteiger charge is -2.03. The van der Waals surface area contributed by atoms with Gasteiger partial charge in [0, 0.05) is 53.4 Å². The lowest BCUT2D eigenvalue weighted by molar-refractivity contribution is 1.13. The lowest BCUT2D eigenvalue weighted by Crippen LogP contribution is -1.96. The van der Waals surface area contributed by atoms with Crippen LogP contribution in [0.5, 0.6) is 0 Å². The number of nitrogens with zero attached hydrogens (tertiary/aromatic N) is 3. The van der Waals surface area contributed by atoms with E-state index in [4.69, 9.17) is 0 Å². The van der Waals surface area contributed by atoms with E-state index in [1.807, 2.05) is 37.6 Å². The number of hydrogen-bond acceptors (Lipinski definition) is 3. The van der Waals surface area contributed by atoms with E-state index in [0.29, 0.717) is 0 Å². The summed E-state index contributed by atoms with van der Waals surface area (Å²) in [6.07, 6.45) is 9.17. The Bertz CT molecular complexity index is 800. The third-order valence-corrected chi connectivity index (χ3v) is 3.32. The van der Waals surface area contributed by atoms with Crippen molar-refractivity contribution < 1.29 is 0 Å². The summed E-state index contributed by atoms with van der Waals surface area (Å²) in [6.45, 7) is 6.59. The number of fused-ring (bicyclic) bond motifs is 1. The first kappa shape index (κ1) is 13.2. The molecule has 4 heteroatoms. The standard InChI is InChI=1S/C17H16N4/c1-3-16(19-4-2)15-11-21-17-14(15)8-13(10-20-17)12-6-5-7-18-9-12/h3,5-11H,1,4H2,2H3,(H,20,21)/b19-16+. The summed E-state index contributed by atoms with van der Waals surface area (Å²) in [5.74, 6) is 0. The first-order valence-electron chi connectivity index (χ1n) is 6.88. The Labute approximate surface area is 123 Å². The van der Waals surface area contributed by atoms with Crippen molar-refractivity contribution in [1.29, 1.82) is 0 Å². The zero-order chi connectivity index (χ0) is 14.7. The molecule has 4 nitrogen and oxygen atoms in total. The van der Waals surface area contributed by atoms with Gasteiger partial charge in [-0.15, -0.1) is 0 Å². The van der Waals surface area contributed by atoms with Crippen molar-refractivity contribution in [2.45, 2.75) is 6.92 Å². The van der Waals surface area contributed by atoms with Gasteiger partial charge in [-0.1, -0.05) is 12.6 Å². The van der Waals surface area contributed by atoms with E-state index in [0.717, 1.165) is 40.0 Å². The van der Waals surface area contributed by atoms with Gasteiger partial charge in [0.1, 0.15) is 5.65 Å². The van der Waals surface area contributed by atoms with Gasteiger partial charge in [-0.3, -0.25) is 9.98 Å². The number of nitrogens with one attached hydrogen (secondary N) is 1. The summed E-state index contributed by atoms with van der Waals surface area (Å²) in [7, 11) is 0. The van der Waals surface area contributed by atoms with E-state index in [1.54, 1.807) is 12.3 Å². The lowest BCUT2D eigenvalue weighted by atomic mass is 10.1. The average Bonchev–Trinajstić information content (AvgIpc) is 2.96. The minimum atomic E-state index is 0.726. The number of rotatable bonds is 4. The second-order valence-electron chi connectivity index (χ2n) is 4.63. The highest BCUT2D eigenvalue weighted by Gasteiger charge is 2.10. The number of pyridine rings is 2. The van der Waals surface area contributed by atoms with E-state index in [-0.39, 0.29) is 0 Å². The zero-order valence-electron chi connectivity index (χ0n) is 11.9. The summed E-state index contributed by atoms with van der Waals surface area (Å²) in [5, 5.41) is 1.04. The van der Waals surface area contributed by atoms with Gasteiger partial charge in [0.25, 0.3) is 0 Å². The van der Waals surface area contributed by atoms with E-state index in [1.165, 1.54) is 0 Å². The molecule has 0 bridgehead atoms. The molecule has 0 fully saturated rings. The molecule has 0 aliphatic rings. The molecule has 0 atom stereocenters. The van der Waals surface area contributed by atoms with Crippen molar-refractivity contribution >= 4 is 16.7 Å². The molecule has 0 aliphatic heterocycles. The van der Waals surface area contributed by atoms with Crippen molar-refractivity contribution in [3.63, 3.8) is 0 Å². The van der Waals surface area contributed by atoms with Crippen LogP contribution in [-0.4, -0.2) is 27.2 Å². The molecule has 0 aliphatic carbocycles. The molecule has 0 aromatic carbocycles. The van der Waals surface area contributed by atoms with Crippen molar-refractivity contribution in [2.24, 2.45) is 4.99 Å². The Morgan fingerprint density at radius 2 is 2.29 bits per heavy atom. The van der Waals surface area contributed by atoms with Crippen LogP contribution < -0.4 is 0 Å². The first-order chi connectivity index (χ1) is 10.3. The number of aliphatic imine (C=N–C) groups is 1. The smallest absolute Gasteiger partial charge is 0.137 e. The number of hydrogen-bond donors (Lipinski definition) is 1. The van der Waals surface area contributed by atoms with Crippen molar-refractivity contribution in [3.05, 3.63) is 61.2 Å². The molecule has 21 heavy (non-hydrogen) atoms. The van der Waals surface area contributed by atoms with E-state index in [9.17, 15) is 0 Å². The predicted octanol–water partition coefficient (Wildman–Crippen LogP) is 3.62. The van der Waals surface area contributed by atoms with Gasteiger partial charge in [-0.2, -0.15) is 0 Å². The fourth-order valence-electron chi connectivity index (χ4n) is 2.34. The number of H-pyrrole nitrogens is 1. The van der Waals surface area contributed by atoms with Gasteiger partial charge < -0.3 is 4.98 Å². The summed E-state index contributed by atoms with van der Waals surface area (Å²) in [6, 6.07) is 6.06. The number of aromatic nitrogens is 3. The van der Waals surface area contributed by atoms with Gasteiger partial charge in [-0.25, -0.2) is 4.98 Å². The molecule has 1 N–H and O–H groups in total. The number of allylic oxidation sites excluding steroid dienone is 1. The van der Waals surface area contributed by atoms with Gasteiger partial charge in [0.15, 0.2) is 0 Å². The fraction of sp³-hybridized carbons (Fsp3) is 0.118. The quantitative estimate of drug-likeness (QED) is 0.740. The van der Waals surface area contributed by atoms with Gasteiger partial charge in [0.2, 0.25) is 0 Å². The topological polar surface area (TPSA) is 53.9 Å². The van der Waals surface area contributed by atoms with Crippen LogP contribution in [0.4, 0.5) is 0 Å². The summed E-state index contributed by atoms with van der Waals surface area (Å²) in [4.78, 5) is 16.3. The molecule has 0 unspecified atom stereocenters.